The van der Waals surface area contributed by atoms with Crippen molar-refractivity contribution in [1.29, 1.82) is 0 Å². The second kappa shape index (κ2) is 5.50. The van der Waals surface area contributed by atoms with Crippen molar-refractivity contribution in [3.8, 4) is 0 Å². The maximum atomic E-state index is 4.56. The first-order chi connectivity index (χ1) is 8.26. The molecule has 0 aromatic carbocycles. The smallest absolute Gasteiger partial charge is 0.128 e. The van der Waals surface area contributed by atoms with Gasteiger partial charge in [0, 0.05) is 25.8 Å². The van der Waals surface area contributed by atoms with E-state index in [-0.39, 0.29) is 0 Å². The van der Waals surface area contributed by atoms with Crippen molar-refractivity contribution in [1.82, 2.24) is 9.88 Å². The zero-order valence-electron chi connectivity index (χ0n) is 11.2. The van der Waals surface area contributed by atoms with Gasteiger partial charge in [0.05, 0.1) is 0 Å². The van der Waals surface area contributed by atoms with Gasteiger partial charge in [0.25, 0.3) is 0 Å². The average Bonchev–Trinajstić information content (AvgIpc) is 2.86. The summed E-state index contributed by atoms with van der Waals surface area (Å²) >= 11 is 0. The van der Waals surface area contributed by atoms with E-state index >= 15 is 0 Å². The Hall–Kier alpha value is -1.09. The molecule has 0 radical (unpaired) electrons. The van der Waals surface area contributed by atoms with Gasteiger partial charge in [0.15, 0.2) is 0 Å². The van der Waals surface area contributed by atoms with Crippen molar-refractivity contribution in [2.24, 2.45) is 0 Å². The van der Waals surface area contributed by atoms with Gasteiger partial charge in [0.1, 0.15) is 5.82 Å². The number of hydrogen-bond acceptors (Lipinski definition) is 3. The van der Waals surface area contributed by atoms with Crippen LogP contribution in [-0.2, 0) is 0 Å². The quantitative estimate of drug-likeness (QED) is 0.797. The summed E-state index contributed by atoms with van der Waals surface area (Å²) in [5.74, 6) is 1.07. The first kappa shape index (κ1) is 12.4. The summed E-state index contributed by atoms with van der Waals surface area (Å²) < 4.78 is 0. The summed E-state index contributed by atoms with van der Waals surface area (Å²) in [7, 11) is 2.08. The second-order valence-corrected chi connectivity index (χ2v) is 4.75. The number of nitrogens with zero attached hydrogens (tertiary/aromatic N) is 3. The number of hydrogen-bond donors (Lipinski definition) is 0. The van der Waals surface area contributed by atoms with Crippen LogP contribution in [0, 0.1) is 0 Å². The number of pyridine rings is 1. The molecule has 3 nitrogen and oxygen atoms in total. The minimum absolute atomic E-state index is 0.591. The largest absolute Gasteiger partial charge is 0.360 e. The standard InChI is InChI=1S/C14H23N3/c1-4-16(3)14-9-8-12(11-15-14)13-7-6-10-17(13)5-2/h8-9,11,13H,4-7,10H2,1-3H3/t13-/m0/s1. The van der Waals surface area contributed by atoms with Gasteiger partial charge in [-0.2, -0.15) is 0 Å². The fraction of sp³-hybridized carbons (Fsp3) is 0.643. The monoisotopic (exact) mass is 233 g/mol. The van der Waals surface area contributed by atoms with Crippen LogP contribution in [-0.4, -0.2) is 36.6 Å². The Bertz CT molecular complexity index is 347. The molecular formula is C14H23N3. The SMILES string of the molecule is CCN(C)c1ccc([C@@H]2CCCN2CC)cn1. The lowest BCUT2D eigenvalue weighted by Crippen LogP contribution is -2.23. The topological polar surface area (TPSA) is 19.4 Å². The molecule has 1 aromatic heterocycles. The molecule has 0 aliphatic carbocycles. The lowest BCUT2D eigenvalue weighted by Gasteiger charge is -2.23. The first-order valence-corrected chi connectivity index (χ1v) is 6.67. The van der Waals surface area contributed by atoms with Gasteiger partial charge < -0.3 is 4.90 Å². The molecule has 0 spiro atoms. The van der Waals surface area contributed by atoms with Crippen LogP contribution in [0.5, 0.6) is 0 Å². The Kier molecular flexibility index (Phi) is 4.00. The van der Waals surface area contributed by atoms with E-state index in [1.807, 2.05) is 0 Å². The van der Waals surface area contributed by atoms with Gasteiger partial charge in [-0.05, 0) is 44.5 Å². The van der Waals surface area contributed by atoms with E-state index in [0.717, 1.165) is 18.9 Å². The van der Waals surface area contributed by atoms with Crippen molar-refractivity contribution in [3.05, 3.63) is 23.9 Å². The van der Waals surface area contributed by atoms with E-state index in [1.54, 1.807) is 0 Å². The molecule has 2 heterocycles. The van der Waals surface area contributed by atoms with Crippen LogP contribution in [0.25, 0.3) is 0 Å². The molecule has 0 N–H and O–H groups in total. The maximum Gasteiger partial charge on any atom is 0.128 e. The highest BCUT2D eigenvalue weighted by atomic mass is 15.2. The third-order valence-corrected chi connectivity index (χ3v) is 3.79. The van der Waals surface area contributed by atoms with Crippen LogP contribution in [0.3, 0.4) is 0 Å². The van der Waals surface area contributed by atoms with E-state index in [4.69, 9.17) is 0 Å². The molecule has 1 aromatic rings. The lowest BCUT2D eigenvalue weighted by atomic mass is 10.1. The molecule has 94 valence electrons. The molecule has 1 saturated heterocycles. The molecule has 1 fully saturated rings. The van der Waals surface area contributed by atoms with Crippen LogP contribution in [0.2, 0.25) is 0 Å². The van der Waals surface area contributed by atoms with Gasteiger partial charge in [-0.25, -0.2) is 4.98 Å². The van der Waals surface area contributed by atoms with E-state index < -0.39 is 0 Å². The maximum absolute atomic E-state index is 4.56. The van der Waals surface area contributed by atoms with Crippen molar-refractivity contribution >= 4 is 5.82 Å². The molecule has 1 atom stereocenters. The minimum Gasteiger partial charge on any atom is -0.360 e. The molecule has 1 aliphatic heterocycles. The highest BCUT2D eigenvalue weighted by molar-refractivity contribution is 5.38. The molecule has 0 amide bonds. The summed E-state index contributed by atoms with van der Waals surface area (Å²) in [5, 5.41) is 0. The molecule has 1 aliphatic rings. The lowest BCUT2D eigenvalue weighted by molar-refractivity contribution is 0.271. The third-order valence-electron chi connectivity index (χ3n) is 3.79. The van der Waals surface area contributed by atoms with Gasteiger partial charge in [0.2, 0.25) is 0 Å². The average molecular weight is 233 g/mol. The van der Waals surface area contributed by atoms with Crippen LogP contribution in [0.15, 0.2) is 18.3 Å². The Morgan fingerprint density at radius 2 is 2.24 bits per heavy atom. The summed E-state index contributed by atoms with van der Waals surface area (Å²) in [4.78, 5) is 9.27. The highest BCUT2D eigenvalue weighted by Gasteiger charge is 2.24. The van der Waals surface area contributed by atoms with E-state index in [9.17, 15) is 0 Å². The Labute approximate surface area is 104 Å². The predicted molar refractivity (Wildman–Crippen MR) is 72.4 cm³/mol. The summed E-state index contributed by atoms with van der Waals surface area (Å²) in [6.07, 6.45) is 4.65. The van der Waals surface area contributed by atoms with Gasteiger partial charge in [-0.3, -0.25) is 4.90 Å². The van der Waals surface area contributed by atoms with Crippen molar-refractivity contribution in [2.75, 3.05) is 31.6 Å². The number of likely N-dealkylation sites (tertiary alicyclic amines) is 1. The third kappa shape index (κ3) is 2.60. The van der Waals surface area contributed by atoms with E-state index in [2.05, 4.69) is 54.0 Å². The molecule has 0 bridgehead atoms. The second-order valence-electron chi connectivity index (χ2n) is 4.75. The Morgan fingerprint density at radius 1 is 1.41 bits per heavy atom. The predicted octanol–water partition coefficient (Wildman–Crippen LogP) is 2.69. The van der Waals surface area contributed by atoms with Crippen LogP contribution >= 0.6 is 0 Å². The van der Waals surface area contributed by atoms with Crippen LogP contribution in [0.1, 0.15) is 38.3 Å². The Morgan fingerprint density at radius 3 is 2.82 bits per heavy atom. The molecule has 0 unspecified atom stereocenters. The van der Waals surface area contributed by atoms with Gasteiger partial charge >= 0.3 is 0 Å². The van der Waals surface area contributed by atoms with Gasteiger partial charge in [-0.15, -0.1) is 0 Å². The normalized spacial score (nSPS) is 20.8. The van der Waals surface area contributed by atoms with E-state index in [0.29, 0.717) is 6.04 Å². The van der Waals surface area contributed by atoms with Gasteiger partial charge in [-0.1, -0.05) is 13.0 Å². The zero-order valence-corrected chi connectivity index (χ0v) is 11.2. The Balaban J connectivity index is 2.12. The van der Waals surface area contributed by atoms with Crippen molar-refractivity contribution in [3.63, 3.8) is 0 Å². The summed E-state index contributed by atoms with van der Waals surface area (Å²) in [6.45, 7) is 7.76. The minimum atomic E-state index is 0.591. The number of aromatic nitrogens is 1. The van der Waals surface area contributed by atoms with Crippen LogP contribution < -0.4 is 4.90 Å². The first-order valence-electron chi connectivity index (χ1n) is 6.67. The fourth-order valence-electron chi connectivity index (χ4n) is 2.56. The zero-order chi connectivity index (χ0) is 12.3. The van der Waals surface area contributed by atoms with Crippen LogP contribution in [0.4, 0.5) is 5.82 Å². The van der Waals surface area contributed by atoms with E-state index in [1.165, 1.54) is 24.9 Å². The van der Waals surface area contributed by atoms with Crippen molar-refractivity contribution < 1.29 is 0 Å². The fourth-order valence-corrected chi connectivity index (χ4v) is 2.56. The molecule has 0 saturated carbocycles. The molecule has 2 rings (SSSR count). The molecule has 3 heteroatoms. The molecular weight excluding hydrogens is 210 g/mol. The number of rotatable bonds is 4. The molecule has 17 heavy (non-hydrogen) atoms. The number of anilines is 1. The van der Waals surface area contributed by atoms with Crippen molar-refractivity contribution in [2.45, 2.75) is 32.7 Å². The summed E-state index contributed by atoms with van der Waals surface area (Å²) in [5.41, 5.74) is 1.37. The summed E-state index contributed by atoms with van der Waals surface area (Å²) in [6, 6.07) is 4.98. The highest BCUT2D eigenvalue weighted by Crippen LogP contribution is 2.31.